The lowest BCUT2D eigenvalue weighted by atomic mass is 10.1. The number of carbonyl (C=O) groups excluding carboxylic acids is 1. The summed E-state index contributed by atoms with van der Waals surface area (Å²) in [6.45, 7) is 6.04. The van der Waals surface area contributed by atoms with Gasteiger partial charge in [0.2, 0.25) is 0 Å². The zero-order valence-corrected chi connectivity index (χ0v) is 12.6. The van der Waals surface area contributed by atoms with E-state index in [1.54, 1.807) is 0 Å². The fraction of sp³-hybridized carbons (Fsp3) is 0.462. The van der Waals surface area contributed by atoms with Crippen molar-refractivity contribution < 1.29 is 4.79 Å². The molecule has 1 unspecified atom stereocenters. The number of benzene rings is 1. The second-order valence-electron chi connectivity index (χ2n) is 4.50. The van der Waals surface area contributed by atoms with Crippen LogP contribution in [0.2, 0.25) is 0 Å². The topological polar surface area (TPSA) is 29.1 Å². The first kappa shape index (κ1) is 14.5. The molecule has 94 valence electrons. The van der Waals surface area contributed by atoms with Gasteiger partial charge in [0.05, 0.1) is 0 Å². The molecule has 1 rings (SSSR count). The lowest BCUT2D eigenvalue weighted by Crippen LogP contribution is -2.39. The van der Waals surface area contributed by atoms with Crippen LogP contribution in [0.3, 0.4) is 0 Å². The summed E-state index contributed by atoms with van der Waals surface area (Å²) in [5, 5.41) is 2.95. The zero-order valence-electron chi connectivity index (χ0n) is 10.3. The van der Waals surface area contributed by atoms with Gasteiger partial charge in [0, 0.05) is 22.0 Å². The molecule has 4 heteroatoms. The van der Waals surface area contributed by atoms with Crippen molar-refractivity contribution in [1.82, 2.24) is 5.32 Å². The highest BCUT2D eigenvalue weighted by molar-refractivity contribution is 9.10. The smallest absolute Gasteiger partial charge is 0.251 e. The van der Waals surface area contributed by atoms with Crippen LogP contribution in [0.4, 0.5) is 0 Å². The van der Waals surface area contributed by atoms with Gasteiger partial charge in [-0.3, -0.25) is 4.79 Å². The Balaban J connectivity index is 2.82. The summed E-state index contributed by atoms with van der Waals surface area (Å²) in [5.41, 5.74) is 1.71. The maximum Gasteiger partial charge on any atom is 0.251 e. The number of hydrogen-bond acceptors (Lipinski definition) is 1. The standard InChI is InChI=1S/C13H17BrClNO/c1-8(2)12(7-15)16-13(17)10-4-9(3)5-11(14)6-10/h4-6,8,12H,7H2,1-3H3,(H,16,17). The number of nitrogens with one attached hydrogen (secondary N) is 1. The minimum absolute atomic E-state index is 0.00320. The molecule has 0 aliphatic heterocycles. The highest BCUT2D eigenvalue weighted by Gasteiger charge is 2.16. The maximum absolute atomic E-state index is 12.0. The molecule has 1 atom stereocenters. The largest absolute Gasteiger partial charge is 0.348 e. The Morgan fingerprint density at radius 1 is 1.41 bits per heavy atom. The number of rotatable bonds is 4. The van der Waals surface area contributed by atoms with Gasteiger partial charge in [-0.25, -0.2) is 0 Å². The van der Waals surface area contributed by atoms with Gasteiger partial charge >= 0.3 is 0 Å². The van der Waals surface area contributed by atoms with Crippen molar-refractivity contribution in [3.8, 4) is 0 Å². The lowest BCUT2D eigenvalue weighted by molar-refractivity contribution is 0.0931. The minimum atomic E-state index is -0.0752. The summed E-state index contributed by atoms with van der Waals surface area (Å²) >= 11 is 9.22. The van der Waals surface area contributed by atoms with Crippen LogP contribution < -0.4 is 5.32 Å². The monoisotopic (exact) mass is 317 g/mol. The molecule has 0 bridgehead atoms. The summed E-state index contributed by atoms with van der Waals surface area (Å²) in [5.74, 6) is 0.676. The highest BCUT2D eigenvalue weighted by Crippen LogP contribution is 2.16. The molecular weight excluding hydrogens is 302 g/mol. The van der Waals surface area contributed by atoms with Crippen LogP contribution in [0.5, 0.6) is 0 Å². The van der Waals surface area contributed by atoms with Crippen molar-refractivity contribution in [1.29, 1.82) is 0 Å². The number of aryl methyl sites for hydroxylation is 1. The average molecular weight is 319 g/mol. The quantitative estimate of drug-likeness (QED) is 0.842. The third-order valence-electron chi connectivity index (χ3n) is 2.59. The molecule has 0 saturated heterocycles. The number of alkyl halides is 1. The minimum Gasteiger partial charge on any atom is -0.348 e. The van der Waals surface area contributed by atoms with E-state index in [0.717, 1.165) is 10.0 Å². The van der Waals surface area contributed by atoms with E-state index in [-0.39, 0.29) is 11.9 Å². The Hall–Kier alpha value is -0.540. The molecule has 0 saturated carbocycles. The van der Waals surface area contributed by atoms with Crippen LogP contribution in [0.1, 0.15) is 29.8 Å². The van der Waals surface area contributed by atoms with Crippen molar-refractivity contribution in [3.63, 3.8) is 0 Å². The first-order chi connectivity index (χ1) is 7.93. The molecule has 2 nitrogen and oxygen atoms in total. The molecule has 17 heavy (non-hydrogen) atoms. The molecule has 1 N–H and O–H groups in total. The van der Waals surface area contributed by atoms with E-state index in [1.807, 2.05) is 39.0 Å². The van der Waals surface area contributed by atoms with Gasteiger partial charge < -0.3 is 5.32 Å². The van der Waals surface area contributed by atoms with Crippen molar-refractivity contribution in [2.24, 2.45) is 5.92 Å². The Labute approximate surface area is 116 Å². The number of hydrogen-bond donors (Lipinski definition) is 1. The SMILES string of the molecule is Cc1cc(Br)cc(C(=O)NC(CCl)C(C)C)c1. The van der Waals surface area contributed by atoms with Gasteiger partial charge in [0.15, 0.2) is 0 Å². The Morgan fingerprint density at radius 3 is 2.53 bits per heavy atom. The van der Waals surface area contributed by atoms with E-state index in [2.05, 4.69) is 21.2 Å². The van der Waals surface area contributed by atoms with Crippen LogP contribution in [0.25, 0.3) is 0 Å². The number of halogens is 2. The second-order valence-corrected chi connectivity index (χ2v) is 5.72. The maximum atomic E-state index is 12.0. The van der Waals surface area contributed by atoms with Crippen LogP contribution in [-0.4, -0.2) is 17.8 Å². The Kier molecular flexibility index (Phi) is 5.47. The van der Waals surface area contributed by atoms with E-state index >= 15 is 0 Å². The summed E-state index contributed by atoms with van der Waals surface area (Å²) < 4.78 is 0.912. The second kappa shape index (κ2) is 6.41. The molecule has 1 amide bonds. The average Bonchev–Trinajstić information content (AvgIpc) is 2.23. The Bertz CT molecular complexity index is 386. The molecule has 1 aromatic rings. The molecule has 1 aromatic carbocycles. The number of carbonyl (C=O) groups is 1. The van der Waals surface area contributed by atoms with Crippen LogP contribution in [-0.2, 0) is 0 Å². The molecule has 0 radical (unpaired) electrons. The van der Waals surface area contributed by atoms with E-state index in [1.165, 1.54) is 0 Å². The third-order valence-corrected chi connectivity index (χ3v) is 3.38. The predicted molar refractivity (Wildman–Crippen MR) is 75.7 cm³/mol. The molecule has 0 heterocycles. The van der Waals surface area contributed by atoms with E-state index < -0.39 is 0 Å². The van der Waals surface area contributed by atoms with Crippen LogP contribution >= 0.6 is 27.5 Å². The van der Waals surface area contributed by atoms with E-state index in [9.17, 15) is 4.79 Å². The summed E-state index contributed by atoms with van der Waals surface area (Å²) in [6.07, 6.45) is 0. The van der Waals surface area contributed by atoms with Crippen LogP contribution in [0, 0.1) is 12.8 Å². The predicted octanol–water partition coefficient (Wildman–Crippen LogP) is 3.75. The molecule has 0 fully saturated rings. The first-order valence-electron chi connectivity index (χ1n) is 5.58. The van der Waals surface area contributed by atoms with Crippen molar-refractivity contribution in [3.05, 3.63) is 33.8 Å². The van der Waals surface area contributed by atoms with Gasteiger partial charge in [0.1, 0.15) is 0 Å². The summed E-state index contributed by atoms with van der Waals surface area (Å²) in [4.78, 5) is 12.0. The first-order valence-corrected chi connectivity index (χ1v) is 6.90. The molecule has 0 aromatic heterocycles. The summed E-state index contributed by atoms with van der Waals surface area (Å²) in [7, 11) is 0. The molecular formula is C13H17BrClNO. The van der Waals surface area contributed by atoms with E-state index in [4.69, 9.17) is 11.6 Å². The summed E-state index contributed by atoms with van der Waals surface area (Å²) in [6, 6.07) is 5.65. The molecule has 0 aliphatic rings. The fourth-order valence-electron chi connectivity index (χ4n) is 1.50. The van der Waals surface area contributed by atoms with Gasteiger partial charge in [-0.15, -0.1) is 11.6 Å². The van der Waals surface area contributed by atoms with Gasteiger partial charge in [-0.1, -0.05) is 29.8 Å². The normalized spacial score (nSPS) is 12.6. The van der Waals surface area contributed by atoms with Gasteiger partial charge in [-0.05, 0) is 36.6 Å². The van der Waals surface area contributed by atoms with Crippen molar-refractivity contribution in [2.45, 2.75) is 26.8 Å². The third kappa shape index (κ3) is 4.32. The lowest BCUT2D eigenvalue weighted by Gasteiger charge is -2.19. The zero-order chi connectivity index (χ0) is 13.0. The molecule has 0 spiro atoms. The van der Waals surface area contributed by atoms with Gasteiger partial charge in [-0.2, -0.15) is 0 Å². The van der Waals surface area contributed by atoms with Gasteiger partial charge in [0.25, 0.3) is 5.91 Å². The van der Waals surface area contributed by atoms with Crippen molar-refractivity contribution >= 4 is 33.4 Å². The number of amides is 1. The fourth-order valence-corrected chi connectivity index (χ4v) is 2.54. The van der Waals surface area contributed by atoms with Crippen molar-refractivity contribution in [2.75, 3.05) is 5.88 Å². The molecule has 0 aliphatic carbocycles. The highest BCUT2D eigenvalue weighted by atomic mass is 79.9. The van der Waals surface area contributed by atoms with Crippen LogP contribution in [0.15, 0.2) is 22.7 Å². The Morgan fingerprint density at radius 2 is 2.06 bits per heavy atom. The van der Waals surface area contributed by atoms with E-state index in [0.29, 0.717) is 17.4 Å².